The average Bonchev–Trinajstić information content (AvgIpc) is 3.46. The summed E-state index contributed by atoms with van der Waals surface area (Å²) in [5, 5.41) is 8.61. The summed E-state index contributed by atoms with van der Waals surface area (Å²) in [6.07, 6.45) is 4.93. The van der Waals surface area contributed by atoms with Crippen LogP contribution in [0.3, 0.4) is 0 Å². The quantitative estimate of drug-likeness (QED) is 0.405. The molecule has 4 aromatic rings. The van der Waals surface area contributed by atoms with E-state index in [9.17, 15) is 14.4 Å². The SMILES string of the molecule is CC(C)CCn1c(=O)c2ccc(C(=O)NC3CCCC3)cc2n2c(=O)n(Cc3cccc(Cl)c3)nc12. The average molecular weight is 508 g/mol. The van der Waals surface area contributed by atoms with Gasteiger partial charge in [0.2, 0.25) is 5.78 Å². The second-order valence-electron chi connectivity index (χ2n) is 10.0. The van der Waals surface area contributed by atoms with Crippen molar-refractivity contribution in [2.24, 2.45) is 5.92 Å². The summed E-state index contributed by atoms with van der Waals surface area (Å²) in [6, 6.07) is 12.4. The number of benzene rings is 2. The predicted molar refractivity (Wildman–Crippen MR) is 141 cm³/mol. The zero-order chi connectivity index (χ0) is 25.4. The highest BCUT2D eigenvalue weighted by Gasteiger charge is 2.21. The predicted octanol–water partition coefficient (Wildman–Crippen LogP) is 4.23. The number of fused-ring (bicyclic) bond motifs is 3. The molecule has 1 aliphatic carbocycles. The second kappa shape index (κ2) is 9.93. The van der Waals surface area contributed by atoms with Crippen LogP contribution in [0, 0.1) is 5.92 Å². The van der Waals surface area contributed by atoms with Crippen LogP contribution in [0.4, 0.5) is 0 Å². The Hall–Kier alpha value is -3.39. The van der Waals surface area contributed by atoms with E-state index >= 15 is 0 Å². The number of amides is 1. The highest BCUT2D eigenvalue weighted by atomic mass is 35.5. The van der Waals surface area contributed by atoms with Crippen molar-refractivity contribution in [2.45, 2.75) is 65.1 Å². The van der Waals surface area contributed by atoms with Gasteiger partial charge < -0.3 is 5.32 Å². The molecule has 1 fully saturated rings. The van der Waals surface area contributed by atoms with Crippen LogP contribution >= 0.6 is 11.6 Å². The normalized spacial score (nSPS) is 14.3. The third-order valence-electron chi connectivity index (χ3n) is 6.88. The Morgan fingerprint density at radius 3 is 2.64 bits per heavy atom. The molecule has 0 bridgehead atoms. The summed E-state index contributed by atoms with van der Waals surface area (Å²) in [4.78, 5) is 40.1. The van der Waals surface area contributed by atoms with Crippen molar-refractivity contribution in [3.8, 4) is 0 Å². The van der Waals surface area contributed by atoms with Crippen molar-refractivity contribution in [1.82, 2.24) is 24.1 Å². The summed E-state index contributed by atoms with van der Waals surface area (Å²) in [6.45, 7) is 4.82. The lowest BCUT2D eigenvalue weighted by Gasteiger charge is -2.14. The zero-order valence-electron chi connectivity index (χ0n) is 20.5. The second-order valence-corrected chi connectivity index (χ2v) is 10.5. The molecule has 0 spiro atoms. The van der Waals surface area contributed by atoms with Crippen molar-refractivity contribution in [1.29, 1.82) is 0 Å². The van der Waals surface area contributed by atoms with Crippen LogP contribution in [0.25, 0.3) is 16.7 Å². The monoisotopic (exact) mass is 507 g/mol. The van der Waals surface area contributed by atoms with Crippen LogP contribution in [0.5, 0.6) is 0 Å². The Kier molecular flexibility index (Phi) is 6.71. The number of nitrogens with zero attached hydrogens (tertiary/aromatic N) is 4. The molecule has 0 unspecified atom stereocenters. The molecule has 1 amide bonds. The Morgan fingerprint density at radius 1 is 1.14 bits per heavy atom. The van der Waals surface area contributed by atoms with E-state index in [0.717, 1.165) is 37.7 Å². The summed E-state index contributed by atoms with van der Waals surface area (Å²) in [5.41, 5.74) is 1.04. The molecular weight excluding hydrogens is 478 g/mol. The summed E-state index contributed by atoms with van der Waals surface area (Å²) >= 11 is 6.14. The van der Waals surface area contributed by atoms with Gasteiger partial charge in [0, 0.05) is 23.2 Å². The summed E-state index contributed by atoms with van der Waals surface area (Å²) in [7, 11) is 0. The minimum atomic E-state index is -0.373. The fourth-order valence-electron chi connectivity index (χ4n) is 4.90. The van der Waals surface area contributed by atoms with Crippen LogP contribution in [0.2, 0.25) is 5.02 Å². The van der Waals surface area contributed by atoms with E-state index in [1.54, 1.807) is 34.9 Å². The Labute approximate surface area is 213 Å². The van der Waals surface area contributed by atoms with Gasteiger partial charge in [0.25, 0.3) is 11.5 Å². The molecular formula is C27H30ClN5O3. The smallest absolute Gasteiger partial charge is 0.349 e. The van der Waals surface area contributed by atoms with E-state index < -0.39 is 0 Å². The Bertz CT molecular complexity index is 1560. The third kappa shape index (κ3) is 4.69. The zero-order valence-corrected chi connectivity index (χ0v) is 21.3. The van der Waals surface area contributed by atoms with Gasteiger partial charge in [-0.25, -0.2) is 13.9 Å². The molecule has 0 aliphatic heterocycles. The van der Waals surface area contributed by atoms with Crippen molar-refractivity contribution in [3.05, 3.63) is 79.5 Å². The first-order valence-corrected chi connectivity index (χ1v) is 12.9. The van der Waals surface area contributed by atoms with Gasteiger partial charge in [0.05, 0.1) is 17.4 Å². The molecule has 2 aromatic carbocycles. The van der Waals surface area contributed by atoms with E-state index in [2.05, 4.69) is 24.3 Å². The number of rotatable bonds is 7. The number of hydrogen-bond donors (Lipinski definition) is 1. The molecule has 0 saturated heterocycles. The molecule has 0 radical (unpaired) electrons. The van der Waals surface area contributed by atoms with Crippen LogP contribution in [0.1, 0.15) is 61.9 Å². The van der Waals surface area contributed by atoms with Gasteiger partial charge in [-0.05, 0) is 61.1 Å². The van der Waals surface area contributed by atoms with Gasteiger partial charge in [-0.2, -0.15) is 0 Å². The third-order valence-corrected chi connectivity index (χ3v) is 7.12. The molecule has 9 heteroatoms. The molecule has 188 valence electrons. The molecule has 2 heterocycles. The standard InChI is InChI=1S/C27H30ClN5O3/c1-17(2)12-13-31-25(35)22-11-10-19(24(34)29-21-8-3-4-9-21)15-23(22)33-26(31)30-32(27(33)36)16-18-6-5-7-20(28)14-18/h5-7,10-11,14-15,17,21H,3-4,8-9,12-13,16H2,1-2H3,(H,29,34). The molecule has 1 aliphatic rings. The number of halogens is 1. The van der Waals surface area contributed by atoms with Gasteiger partial charge in [0.1, 0.15) is 0 Å². The lowest BCUT2D eigenvalue weighted by Crippen LogP contribution is -2.33. The van der Waals surface area contributed by atoms with E-state index in [1.165, 1.54) is 9.08 Å². The van der Waals surface area contributed by atoms with Crippen molar-refractivity contribution in [3.63, 3.8) is 0 Å². The first kappa shape index (κ1) is 24.3. The largest absolute Gasteiger partial charge is 0.352 e. The van der Waals surface area contributed by atoms with Crippen molar-refractivity contribution in [2.75, 3.05) is 0 Å². The maximum absolute atomic E-state index is 13.6. The molecule has 1 N–H and O–H groups in total. The first-order chi connectivity index (χ1) is 17.3. The molecule has 1 saturated carbocycles. The Morgan fingerprint density at radius 2 is 1.92 bits per heavy atom. The van der Waals surface area contributed by atoms with Crippen molar-refractivity contribution >= 4 is 34.2 Å². The van der Waals surface area contributed by atoms with E-state index in [4.69, 9.17) is 11.6 Å². The van der Waals surface area contributed by atoms with Crippen molar-refractivity contribution < 1.29 is 4.79 Å². The molecule has 0 atom stereocenters. The van der Waals surface area contributed by atoms with Gasteiger partial charge >= 0.3 is 5.69 Å². The van der Waals surface area contributed by atoms with E-state index in [1.807, 2.05) is 12.1 Å². The number of carbonyl (C=O) groups excluding carboxylic acids is 1. The number of nitrogens with one attached hydrogen (secondary N) is 1. The van der Waals surface area contributed by atoms with Gasteiger partial charge in [-0.3, -0.25) is 14.2 Å². The maximum Gasteiger partial charge on any atom is 0.352 e. The fourth-order valence-corrected chi connectivity index (χ4v) is 5.11. The van der Waals surface area contributed by atoms with Crippen LogP contribution < -0.4 is 16.6 Å². The number of hydrogen-bond acceptors (Lipinski definition) is 4. The van der Waals surface area contributed by atoms with E-state index in [-0.39, 0.29) is 35.5 Å². The highest BCUT2D eigenvalue weighted by Crippen LogP contribution is 2.20. The van der Waals surface area contributed by atoms with Crippen LogP contribution in [-0.2, 0) is 13.1 Å². The fraction of sp³-hybridized carbons (Fsp3) is 0.407. The minimum absolute atomic E-state index is 0.167. The van der Waals surface area contributed by atoms with Gasteiger partial charge in [0.15, 0.2) is 0 Å². The number of carbonyl (C=O) groups is 1. The molecule has 5 rings (SSSR count). The highest BCUT2D eigenvalue weighted by molar-refractivity contribution is 6.30. The molecule has 2 aromatic heterocycles. The topological polar surface area (TPSA) is 90.4 Å². The van der Waals surface area contributed by atoms with Crippen LogP contribution in [-0.4, -0.2) is 30.7 Å². The van der Waals surface area contributed by atoms with Crippen LogP contribution in [0.15, 0.2) is 52.1 Å². The number of aromatic nitrogens is 4. The van der Waals surface area contributed by atoms with E-state index in [0.29, 0.717) is 34.0 Å². The number of aryl methyl sites for hydroxylation is 1. The summed E-state index contributed by atoms with van der Waals surface area (Å²) < 4.78 is 4.36. The summed E-state index contributed by atoms with van der Waals surface area (Å²) in [5.74, 6) is 0.448. The lowest BCUT2D eigenvalue weighted by molar-refractivity contribution is 0.0938. The van der Waals surface area contributed by atoms with Gasteiger partial charge in [-0.15, -0.1) is 5.10 Å². The first-order valence-electron chi connectivity index (χ1n) is 12.5. The Balaban J connectivity index is 1.66. The molecule has 8 nitrogen and oxygen atoms in total. The van der Waals surface area contributed by atoms with Gasteiger partial charge in [-0.1, -0.05) is 50.4 Å². The lowest BCUT2D eigenvalue weighted by atomic mass is 10.1. The maximum atomic E-state index is 13.6. The minimum Gasteiger partial charge on any atom is -0.349 e. The molecule has 36 heavy (non-hydrogen) atoms.